The van der Waals surface area contributed by atoms with Crippen LogP contribution in [0.1, 0.15) is 36.2 Å². The second kappa shape index (κ2) is 8.81. The molecule has 0 heterocycles. The predicted octanol–water partition coefficient (Wildman–Crippen LogP) is 4.57. The van der Waals surface area contributed by atoms with Crippen molar-refractivity contribution in [3.63, 3.8) is 0 Å². The highest BCUT2D eigenvalue weighted by Crippen LogP contribution is 2.20. The summed E-state index contributed by atoms with van der Waals surface area (Å²) < 4.78 is 13.3. The molecule has 0 bridgehead atoms. The second-order valence-electron chi connectivity index (χ2n) is 6.59. The number of benzene rings is 2. The maximum absolute atomic E-state index is 13.3. The Bertz CT molecular complexity index is 808. The number of rotatable bonds is 6. The summed E-state index contributed by atoms with van der Waals surface area (Å²) in [5.41, 5.74) is 1.73. The van der Waals surface area contributed by atoms with Gasteiger partial charge in [0, 0.05) is 11.3 Å². The lowest BCUT2D eigenvalue weighted by Crippen LogP contribution is -2.44. The molecule has 2 amide bonds. The van der Waals surface area contributed by atoms with Gasteiger partial charge in [-0.3, -0.25) is 9.59 Å². The summed E-state index contributed by atoms with van der Waals surface area (Å²) >= 11 is 5.75. The maximum Gasteiger partial charge on any atom is 0.252 e. The fraction of sp³-hybridized carbons (Fsp3) is 0.300. The van der Waals surface area contributed by atoms with Gasteiger partial charge in [-0.2, -0.15) is 0 Å². The van der Waals surface area contributed by atoms with Crippen LogP contribution in [0.5, 0.6) is 0 Å². The normalized spacial score (nSPS) is 11.9. The number of hydrogen-bond acceptors (Lipinski definition) is 2. The molecule has 2 aromatic rings. The smallest absolute Gasteiger partial charge is 0.252 e. The van der Waals surface area contributed by atoms with Gasteiger partial charge in [0.25, 0.3) is 5.91 Å². The van der Waals surface area contributed by atoms with Crippen molar-refractivity contribution in [1.29, 1.82) is 0 Å². The van der Waals surface area contributed by atoms with Gasteiger partial charge >= 0.3 is 0 Å². The molecule has 0 aliphatic rings. The van der Waals surface area contributed by atoms with Crippen LogP contribution in [0.2, 0.25) is 5.02 Å². The minimum Gasteiger partial charge on any atom is -0.340 e. The summed E-state index contributed by atoms with van der Waals surface area (Å²) in [4.78, 5) is 25.2. The molecule has 1 atom stereocenters. The third-order valence-corrected chi connectivity index (χ3v) is 4.20. The fourth-order valence-electron chi connectivity index (χ4n) is 2.57. The molecule has 0 aliphatic carbocycles. The number of nitrogens with one attached hydrogen (secondary N) is 2. The monoisotopic (exact) mass is 376 g/mol. The summed E-state index contributed by atoms with van der Waals surface area (Å²) in [5, 5.41) is 5.40. The number of aryl methyl sites for hydroxylation is 1. The second-order valence-corrected chi connectivity index (χ2v) is 7.00. The summed E-state index contributed by atoms with van der Waals surface area (Å²) in [5.74, 6) is -1.04. The highest BCUT2D eigenvalue weighted by atomic mass is 35.5. The Kier molecular flexibility index (Phi) is 6.75. The zero-order valence-electron chi connectivity index (χ0n) is 15.0. The van der Waals surface area contributed by atoms with E-state index in [2.05, 4.69) is 10.6 Å². The first-order chi connectivity index (χ1) is 12.3. The number of hydrogen-bond donors (Lipinski definition) is 2. The zero-order chi connectivity index (χ0) is 19.3. The predicted molar refractivity (Wildman–Crippen MR) is 102 cm³/mol. The van der Waals surface area contributed by atoms with E-state index in [4.69, 9.17) is 11.6 Å². The molecule has 1 unspecified atom stereocenters. The van der Waals surface area contributed by atoms with Gasteiger partial charge in [0.1, 0.15) is 11.9 Å². The van der Waals surface area contributed by atoms with E-state index in [-0.39, 0.29) is 22.8 Å². The maximum atomic E-state index is 13.3. The summed E-state index contributed by atoms with van der Waals surface area (Å²) in [7, 11) is 0. The Balaban J connectivity index is 2.15. The number of amides is 2. The van der Waals surface area contributed by atoms with Gasteiger partial charge in [-0.25, -0.2) is 4.39 Å². The van der Waals surface area contributed by atoms with Crippen molar-refractivity contribution in [2.75, 3.05) is 5.32 Å². The first-order valence-corrected chi connectivity index (χ1v) is 8.78. The topological polar surface area (TPSA) is 58.2 Å². The third-order valence-electron chi connectivity index (χ3n) is 3.91. The van der Waals surface area contributed by atoms with Gasteiger partial charge in [0.15, 0.2) is 0 Å². The van der Waals surface area contributed by atoms with E-state index in [1.807, 2.05) is 32.9 Å². The van der Waals surface area contributed by atoms with Crippen molar-refractivity contribution >= 4 is 29.1 Å². The van der Waals surface area contributed by atoms with Gasteiger partial charge in [0.2, 0.25) is 5.91 Å². The van der Waals surface area contributed by atoms with Crippen LogP contribution in [-0.2, 0) is 4.79 Å². The van der Waals surface area contributed by atoms with Crippen LogP contribution in [0.25, 0.3) is 0 Å². The van der Waals surface area contributed by atoms with Crippen molar-refractivity contribution in [2.45, 2.75) is 33.2 Å². The largest absolute Gasteiger partial charge is 0.340 e. The van der Waals surface area contributed by atoms with Crippen LogP contribution in [0, 0.1) is 18.7 Å². The molecule has 0 saturated heterocycles. The molecule has 0 aliphatic heterocycles. The zero-order valence-corrected chi connectivity index (χ0v) is 15.7. The summed E-state index contributed by atoms with van der Waals surface area (Å²) in [6.45, 7) is 5.77. The van der Waals surface area contributed by atoms with E-state index >= 15 is 0 Å². The molecule has 2 rings (SSSR count). The minimum absolute atomic E-state index is 0.0767. The fourth-order valence-corrected chi connectivity index (χ4v) is 2.75. The highest BCUT2D eigenvalue weighted by molar-refractivity contribution is 6.31. The summed E-state index contributed by atoms with van der Waals surface area (Å²) in [6, 6.07) is 10.4. The van der Waals surface area contributed by atoms with Gasteiger partial charge in [0.05, 0.1) is 5.02 Å². The Morgan fingerprint density at radius 1 is 1.15 bits per heavy atom. The lowest BCUT2D eigenvalue weighted by atomic mass is 10.0. The van der Waals surface area contributed by atoms with Crippen molar-refractivity contribution in [2.24, 2.45) is 5.92 Å². The van der Waals surface area contributed by atoms with Crippen molar-refractivity contribution in [3.05, 3.63) is 64.4 Å². The van der Waals surface area contributed by atoms with Gasteiger partial charge < -0.3 is 10.6 Å². The lowest BCUT2D eigenvalue weighted by Gasteiger charge is -2.21. The molecule has 6 heteroatoms. The molecule has 0 saturated carbocycles. The Labute approximate surface area is 157 Å². The van der Waals surface area contributed by atoms with Gasteiger partial charge in [-0.15, -0.1) is 0 Å². The number of halogens is 2. The van der Waals surface area contributed by atoms with Crippen molar-refractivity contribution in [3.8, 4) is 0 Å². The third kappa shape index (κ3) is 5.30. The summed E-state index contributed by atoms with van der Waals surface area (Å²) in [6.07, 6.45) is 0.471. The Morgan fingerprint density at radius 2 is 1.85 bits per heavy atom. The molecule has 4 nitrogen and oxygen atoms in total. The van der Waals surface area contributed by atoms with E-state index in [1.54, 1.807) is 12.1 Å². The van der Waals surface area contributed by atoms with Crippen LogP contribution in [0.4, 0.5) is 10.1 Å². The molecule has 2 aromatic carbocycles. The van der Waals surface area contributed by atoms with Gasteiger partial charge in [-0.05, 0) is 49.1 Å². The SMILES string of the molecule is Cc1ccccc1C(=O)NC(CC(C)C)C(=O)Nc1ccc(F)c(Cl)c1. The number of carbonyl (C=O) groups is 2. The first kappa shape index (κ1) is 19.9. The molecule has 2 N–H and O–H groups in total. The van der Waals surface area contributed by atoms with Crippen LogP contribution in [0.15, 0.2) is 42.5 Å². The van der Waals surface area contributed by atoms with E-state index in [0.29, 0.717) is 17.7 Å². The average molecular weight is 377 g/mol. The van der Waals surface area contributed by atoms with E-state index in [0.717, 1.165) is 5.56 Å². The molecular formula is C20H22ClFN2O2. The lowest BCUT2D eigenvalue weighted by molar-refractivity contribution is -0.118. The van der Waals surface area contributed by atoms with E-state index < -0.39 is 11.9 Å². The van der Waals surface area contributed by atoms with Crippen LogP contribution < -0.4 is 10.6 Å². The Hall–Kier alpha value is -2.40. The van der Waals surface area contributed by atoms with Crippen molar-refractivity contribution in [1.82, 2.24) is 5.32 Å². The van der Waals surface area contributed by atoms with Crippen molar-refractivity contribution < 1.29 is 14.0 Å². The highest BCUT2D eigenvalue weighted by Gasteiger charge is 2.23. The molecule has 0 fully saturated rings. The standard InChI is InChI=1S/C20H22ClFN2O2/c1-12(2)10-18(24-19(25)15-7-5-4-6-13(15)3)20(26)23-14-8-9-17(22)16(21)11-14/h4-9,11-12,18H,10H2,1-3H3,(H,23,26)(H,24,25). The van der Waals surface area contributed by atoms with Crippen LogP contribution >= 0.6 is 11.6 Å². The molecule has 26 heavy (non-hydrogen) atoms. The van der Waals surface area contributed by atoms with E-state index in [1.165, 1.54) is 18.2 Å². The van der Waals surface area contributed by atoms with Crippen LogP contribution in [-0.4, -0.2) is 17.9 Å². The minimum atomic E-state index is -0.717. The molecule has 0 aromatic heterocycles. The molecular weight excluding hydrogens is 355 g/mol. The van der Waals surface area contributed by atoms with E-state index in [9.17, 15) is 14.0 Å². The molecule has 0 spiro atoms. The van der Waals surface area contributed by atoms with Crippen LogP contribution in [0.3, 0.4) is 0 Å². The quantitative estimate of drug-likeness (QED) is 0.775. The first-order valence-electron chi connectivity index (χ1n) is 8.40. The molecule has 138 valence electrons. The number of carbonyl (C=O) groups excluding carboxylic acids is 2. The average Bonchev–Trinajstić information content (AvgIpc) is 2.57. The number of anilines is 1. The molecule has 0 radical (unpaired) electrons. The van der Waals surface area contributed by atoms with Gasteiger partial charge in [-0.1, -0.05) is 43.6 Å². The Morgan fingerprint density at radius 3 is 2.46 bits per heavy atom.